The first-order valence-electron chi connectivity index (χ1n) is 8.05. The Morgan fingerprint density at radius 2 is 1.72 bits per heavy atom. The van der Waals surface area contributed by atoms with Crippen LogP contribution in [0.5, 0.6) is 0 Å². The van der Waals surface area contributed by atoms with Crippen LogP contribution in [0.2, 0.25) is 0 Å². The first-order valence-corrected chi connectivity index (χ1v) is 8.93. The molecule has 0 fully saturated rings. The number of aromatic amines is 1. The summed E-state index contributed by atoms with van der Waals surface area (Å²) in [5.41, 5.74) is 4.53. The molecule has 4 rings (SSSR count). The molecule has 0 saturated heterocycles. The third-order valence-corrected chi connectivity index (χ3v) is 5.16. The normalized spacial score (nSPS) is 12.2. The molecular formula is C20H17N3OS. The predicted molar refractivity (Wildman–Crippen MR) is 99.4 cm³/mol. The van der Waals surface area contributed by atoms with Crippen LogP contribution in [0.15, 0.2) is 82.6 Å². The van der Waals surface area contributed by atoms with Crippen LogP contribution in [0.1, 0.15) is 21.9 Å². The van der Waals surface area contributed by atoms with Crippen LogP contribution in [-0.4, -0.2) is 15.2 Å². The molecule has 4 aromatic rings. The van der Waals surface area contributed by atoms with Crippen molar-refractivity contribution in [3.63, 3.8) is 0 Å². The van der Waals surface area contributed by atoms with E-state index in [0.717, 1.165) is 5.69 Å². The summed E-state index contributed by atoms with van der Waals surface area (Å²) in [6.45, 7) is 2.13. The Hall–Kier alpha value is -2.79. The molecule has 0 aliphatic heterocycles. The maximum Gasteiger partial charge on any atom is 0.277 e. The summed E-state index contributed by atoms with van der Waals surface area (Å²) in [5.74, 6) is 0.504. The van der Waals surface area contributed by atoms with Crippen molar-refractivity contribution in [2.45, 2.75) is 17.4 Å². The average Bonchev–Trinajstić information content (AvgIpc) is 3.33. The molecule has 0 spiro atoms. The second-order valence-corrected chi connectivity index (χ2v) is 6.78. The number of benzene rings is 2. The zero-order chi connectivity index (χ0) is 17.1. The summed E-state index contributed by atoms with van der Waals surface area (Å²) < 4.78 is 5.85. The van der Waals surface area contributed by atoms with E-state index in [4.69, 9.17) is 4.42 Å². The summed E-state index contributed by atoms with van der Waals surface area (Å²) in [6, 6.07) is 22.6. The van der Waals surface area contributed by atoms with Crippen molar-refractivity contribution in [3.8, 4) is 11.6 Å². The van der Waals surface area contributed by atoms with E-state index in [1.165, 1.54) is 16.7 Å². The van der Waals surface area contributed by atoms with E-state index < -0.39 is 0 Å². The first kappa shape index (κ1) is 15.7. The van der Waals surface area contributed by atoms with Gasteiger partial charge in [-0.05, 0) is 35.7 Å². The lowest BCUT2D eigenvalue weighted by atomic mass is 10.0. The van der Waals surface area contributed by atoms with Gasteiger partial charge in [0.1, 0.15) is 5.69 Å². The van der Waals surface area contributed by atoms with Crippen LogP contribution in [0.3, 0.4) is 0 Å². The van der Waals surface area contributed by atoms with E-state index in [-0.39, 0.29) is 5.25 Å². The minimum Gasteiger partial charge on any atom is -0.410 e. The van der Waals surface area contributed by atoms with Crippen LogP contribution in [0, 0.1) is 6.92 Å². The highest BCUT2D eigenvalue weighted by atomic mass is 32.2. The molecular weight excluding hydrogens is 330 g/mol. The molecule has 0 saturated carbocycles. The molecule has 1 N–H and O–H groups in total. The molecule has 2 aromatic carbocycles. The Morgan fingerprint density at radius 1 is 0.920 bits per heavy atom. The minimum absolute atomic E-state index is 0.0966. The van der Waals surface area contributed by atoms with Gasteiger partial charge in [0.05, 0.1) is 5.25 Å². The number of thioether (sulfide) groups is 1. The molecule has 25 heavy (non-hydrogen) atoms. The molecule has 0 aliphatic rings. The number of aryl methyl sites for hydroxylation is 1. The highest BCUT2D eigenvalue weighted by molar-refractivity contribution is 7.99. The van der Waals surface area contributed by atoms with E-state index >= 15 is 0 Å². The Kier molecular flexibility index (Phi) is 4.39. The van der Waals surface area contributed by atoms with Gasteiger partial charge in [-0.1, -0.05) is 66.4 Å². The molecule has 1 atom stereocenters. The quantitative estimate of drug-likeness (QED) is 0.501. The summed E-state index contributed by atoms with van der Waals surface area (Å²) in [6.07, 6.45) is 1.84. The molecule has 2 aromatic heterocycles. The second kappa shape index (κ2) is 6.99. The number of nitrogens with zero attached hydrogens (tertiary/aromatic N) is 2. The van der Waals surface area contributed by atoms with Gasteiger partial charge in [-0.2, -0.15) is 0 Å². The number of nitrogens with one attached hydrogen (secondary N) is 1. The van der Waals surface area contributed by atoms with Crippen molar-refractivity contribution in [1.29, 1.82) is 0 Å². The fourth-order valence-electron chi connectivity index (χ4n) is 2.75. The van der Waals surface area contributed by atoms with Gasteiger partial charge in [0.25, 0.3) is 11.1 Å². The third-order valence-electron chi connectivity index (χ3n) is 4.03. The highest BCUT2D eigenvalue weighted by Crippen LogP contribution is 2.41. The first-order chi connectivity index (χ1) is 12.3. The lowest BCUT2D eigenvalue weighted by Gasteiger charge is -2.17. The monoisotopic (exact) mass is 347 g/mol. The molecule has 0 unspecified atom stereocenters. The topological polar surface area (TPSA) is 54.7 Å². The summed E-state index contributed by atoms with van der Waals surface area (Å²) >= 11 is 1.57. The maximum atomic E-state index is 5.85. The van der Waals surface area contributed by atoms with Crippen LogP contribution in [-0.2, 0) is 0 Å². The zero-order valence-corrected chi connectivity index (χ0v) is 14.5. The Bertz CT molecular complexity index is 948. The van der Waals surface area contributed by atoms with E-state index in [0.29, 0.717) is 11.1 Å². The number of rotatable bonds is 5. The van der Waals surface area contributed by atoms with Crippen molar-refractivity contribution < 1.29 is 4.42 Å². The molecule has 0 aliphatic carbocycles. The molecule has 124 valence electrons. The van der Waals surface area contributed by atoms with Crippen LogP contribution in [0.4, 0.5) is 0 Å². The standard InChI is InChI=1S/C20H17N3OS/c1-14-8-5-6-11-16(14)18(15-9-3-2-4-10-15)25-20-23-22-19(24-20)17-12-7-13-21-17/h2-13,18,21H,1H3/t18-/m0/s1. The van der Waals surface area contributed by atoms with Crippen LogP contribution >= 0.6 is 11.8 Å². The molecule has 4 nitrogen and oxygen atoms in total. The lowest BCUT2D eigenvalue weighted by Crippen LogP contribution is -1.99. The number of H-pyrrole nitrogens is 1. The maximum absolute atomic E-state index is 5.85. The van der Waals surface area contributed by atoms with Gasteiger partial charge in [-0.15, -0.1) is 10.2 Å². The molecule has 2 heterocycles. The smallest absolute Gasteiger partial charge is 0.277 e. The summed E-state index contributed by atoms with van der Waals surface area (Å²) in [5, 5.41) is 9.03. The van der Waals surface area contributed by atoms with Gasteiger partial charge in [0.2, 0.25) is 0 Å². The van der Waals surface area contributed by atoms with E-state index in [1.54, 1.807) is 11.8 Å². The fraction of sp³-hybridized carbons (Fsp3) is 0.100. The Balaban J connectivity index is 1.69. The van der Waals surface area contributed by atoms with Crippen molar-refractivity contribution in [1.82, 2.24) is 15.2 Å². The largest absolute Gasteiger partial charge is 0.410 e. The summed E-state index contributed by atoms with van der Waals surface area (Å²) in [4.78, 5) is 3.09. The molecule has 0 radical (unpaired) electrons. The lowest BCUT2D eigenvalue weighted by molar-refractivity contribution is 0.464. The van der Waals surface area contributed by atoms with Crippen molar-refractivity contribution in [3.05, 3.63) is 89.6 Å². The third kappa shape index (κ3) is 3.37. The fourth-order valence-corrected chi connectivity index (χ4v) is 3.85. The number of hydrogen-bond donors (Lipinski definition) is 1. The zero-order valence-electron chi connectivity index (χ0n) is 13.7. The Morgan fingerprint density at radius 3 is 2.48 bits per heavy atom. The second-order valence-electron chi connectivity index (χ2n) is 5.72. The predicted octanol–water partition coefficient (Wildman–Crippen LogP) is 5.25. The van der Waals surface area contributed by atoms with E-state index in [1.807, 2.05) is 24.4 Å². The Labute approximate surface area is 150 Å². The van der Waals surface area contributed by atoms with Crippen LogP contribution in [0.25, 0.3) is 11.6 Å². The van der Waals surface area contributed by atoms with Gasteiger partial charge in [0.15, 0.2) is 0 Å². The number of aromatic nitrogens is 3. The van der Waals surface area contributed by atoms with Crippen molar-refractivity contribution in [2.24, 2.45) is 0 Å². The molecule has 0 amide bonds. The van der Waals surface area contributed by atoms with Gasteiger partial charge in [-0.25, -0.2) is 0 Å². The van der Waals surface area contributed by atoms with Gasteiger partial charge < -0.3 is 9.40 Å². The molecule has 5 heteroatoms. The van der Waals surface area contributed by atoms with Gasteiger partial charge in [0, 0.05) is 6.20 Å². The highest BCUT2D eigenvalue weighted by Gasteiger charge is 2.21. The van der Waals surface area contributed by atoms with Crippen molar-refractivity contribution in [2.75, 3.05) is 0 Å². The van der Waals surface area contributed by atoms with Crippen molar-refractivity contribution >= 4 is 11.8 Å². The van der Waals surface area contributed by atoms with Crippen LogP contribution < -0.4 is 0 Å². The summed E-state index contributed by atoms with van der Waals surface area (Å²) in [7, 11) is 0. The molecule has 0 bridgehead atoms. The SMILES string of the molecule is Cc1ccccc1[C@@H](Sc1nnc(-c2ccc[nH]2)o1)c1ccccc1. The number of hydrogen-bond acceptors (Lipinski definition) is 4. The minimum atomic E-state index is 0.0966. The average molecular weight is 347 g/mol. The van der Waals surface area contributed by atoms with E-state index in [2.05, 4.69) is 70.6 Å². The van der Waals surface area contributed by atoms with Gasteiger partial charge >= 0.3 is 0 Å². The van der Waals surface area contributed by atoms with Gasteiger partial charge in [-0.3, -0.25) is 0 Å². The van der Waals surface area contributed by atoms with E-state index in [9.17, 15) is 0 Å².